The Kier molecular flexibility index (Phi) is 7.31. The summed E-state index contributed by atoms with van der Waals surface area (Å²) in [4.78, 5) is 0. The van der Waals surface area contributed by atoms with Gasteiger partial charge in [0, 0.05) is 11.8 Å². The van der Waals surface area contributed by atoms with Crippen molar-refractivity contribution in [2.24, 2.45) is 17.8 Å². The Balaban J connectivity index is 1.88. The van der Waals surface area contributed by atoms with Crippen LogP contribution >= 0.6 is 0 Å². The van der Waals surface area contributed by atoms with E-state index < -0.39 is 0 Å². The second kappa shape index (κ2) is 9.92. The molecule has 0 saturated heterocycles. The minimum atomic E-state index is 0.416. The summed E-state index contributed by atoms with van der Waals surface area (Å²) in [5, 5.41) is 0. The summed E-state index contributed by atoms with van der Waals surface area (Å²) in [6.45, 7) is 12.9. The molecule has 0 N–H and O–H groups in total. The van der Waals surface area contributed by atoms with Crippen molar-refractivity contribution in [1.82, 2.24) is 0 Å². The van der Waals surface area contributed by atoms with Gasteiger partial charge in [-0.15, -0.1) is 0 Å². The molecular formula is C28H36. The van der Waals surface area contributed by atoms with Crippen LogP contribution in [0.2, 0.25) is 0 Å². The van der Waals surface area contributed by atoms with Gasteiger partial charge in [0.2, 0.25) is 0 Å². The average Bonchev–Trinajstić information content (AvgIpc) is 2.74. The molecule has 0 nitrogen and oxygen atoms in total. The monoisotopic (exact) mass is 372 g/mol. The fourth-order valence-electron chi connectivity index (χ4n) is 4.78. The average molecular weight is 373 g/mol. The van der Waals surface area contributed by atoms with Crippen LogP contribution in [-0.4, -0.2) is 0 Å². The van der Waals surface area contributed by atoms with E-state index in [1.54, 1.807) is 0 Å². The summed E-state index contributed by atoms with van der Waals surface area (Å²) < 4.78 is 0. The molecule has 3 aliphatic rings. The molecule has 0 aliphatic heterocycles. The Hall–Kier alpha value is -2.08. The van der Waals surface area contributed by atoms with Gasteiger partial charge in [-0.05, 0) is 60.3 Å². The smallest absolute Gasteiger partial charge is 0.0129 e. The lowest BCUT2D eigenvalue weighted by Crippen LogP contribution is -2.18. The largest absolute Gasteiger partial charge is 0.0985 e. The lowest BCUT2D eigenvalue weighted by molar-refractivity contribution is 0.572. The maximum Gasteiger partial charge on any atom is 0.0129 e. The summed E-state index contributed by atoms with van der Waals surface area (Å²) in [6, 6.07) is 0. The third kappa shape index (κ3) is 4.66. The highest BCUT2D eigenvalue weighted by Crippen LogP contribution is 2.42. The van der Waals surface area contributed by atoms with Crippen molar-refractivity contribution in [1.29, 1.82) is 0 Å². The van der Waals surface area contributed by atoms with Gasteiger partial charge in [-0.2, -0.15) is 0 Å². The SMILES string of the molecule is C=CC(=C)C1=C(C2C=CC(CCC)=CC2)C=CCC1C1=CCC(CCC)C=C1. The van der Waals surface area contributed by atoms with Crippen LogP contribution in [0.25, 0.3) is 0 Å². The molecule has 0 fully saturated rings. The van der Waals surface area contributed by atoms with Crippen molar-refractivity contribution in [2.45, 2.75) is 58.8 Å². The van der Waals surface area contributed by atoms with Gasteiger partial charge < -0.3 is 0 Å². The third-order valence-corrected chi connectivity index (χ3v) is 6.31. The molecule has 0 saturated carbocycles. The fraction of sp³-hybridized carbons (Fsp3) is 0.429. The van der Waals surface area contributed by atoms with Gasteiger partial charge in [0.15, 0.2) is 0 Å². The molecule has 0 aromatic rings. The Morgan fingerprint density at radius 3 is 2.50 bits per heavy atom. The standard InChI is InChI=1S/C28H36/c1-5-9-22-13-17-24(18-14-22)26-11-8-12-27(28(26)21(4)7-3)25-19-15-23(10-6-2)16-20-25/h7-8,11,13-15,17,19-20,23-24,27H,3-6,9-10,12,16,18H2,1-2H3. The number of allylic oxidation sites excluding steroid dienone is 14. The summed E-state index contributed by atoms with van der Waals surface area (Å²) in [5.74, 6) is 1.58. The highest BCUT2D eigenvalue weighted by atomic mass is 14.3. The van der Waals surface area contributed by atoms with Crippen molar-refractivity contribution in [3.63, 3.8) is 0 Å². The minimum absolute atomic E-state index is 0.416. The zero-order chi connectivity index (χ0) is 19.9. The van der Waals surface area contributed by atoms with Gasteiger partial charge in [0.1, 0.15) is 0 Å². The molecule has 0 aromatic carbocycles. The normalized spacial score (nSPS) is 26.9. The van der Waals surface area contributed by atoms with E-state index in [9.17, 15) is 0 Å². The second-order valence-corrected chi connectivity index (χ2v) is 8.37. The fourth-order valence-corrected chi connectivity index (χ4v) is 4.78. The molecule has 0 radical (unpaired) electrons. The van der Waals surface area contributed by atoms with Crippen molar-refractivity contribution >= 4 is 0 Å². The van der Waals surface area contributed by atoms with E-state index >= 15 is 0 Å². The van der Waals surface area contributed by atoms with E-state index in [0.29, 0.717) is 17.8 Å². The van der Waals surface area contributed by atoms with Crippen LogP contribution in [-0.2, 0) is 0 Å². The van der Waals surface area contributed by atoms with Gasteiger partial charge in [-0.25, -0.2) is 0 Å². The maximum absolute atomic E-state index is 4.38. The van der Waals surface area contributed by atoms with E-state index in [-0.39, 0.29) is 0 Å². The minimum Gasteiger partial charge on any atom is -0.0985 e. The number of hydrogen-bond acceptors (Lipinski definition) is 0. The molecule has 0 aromatic heterocycles. The van der Waals surface area contributed by atoms with Crippen molar-refractivity contribution in [3.05, 3.63) is 95.7 Å². The van der Waals surface area contributed by atoms with Gasteiger partial charge in [0.25, 0.3) is 0 Å². The first-order valence-corrected chi connectivity index (χ1v) is 11.2. The Morgan fingerprint density at radius 2 is 1.89 bits per heavy atom. The summed E-state index contributed by atoms with van der Waals surface area (Å²) in [7, 11) is 0. The first-order valence-electron chi connectivity index (χ1n) is 11.2. The number of rotatable bonds is 8. The number of hydrogen-bond donors (Lipinski definition) is 0. The summed E-state index contributed by atoms with van der Waals surface area (Å²) >= 11 is 0. The predicted octanol–water partition coefficient (Wildman–Crippen LogP) is 8.21. The zero-order valence-corrected chi connectivity index (χ0v) is 17.8. The Labute approximate surface area is 172 Å². The first kappa shape index (κ1) is 20.6. The lowest BCUT2D eigenvalue weighted by Gasteiger charge is -2.32. The molecule has 3 aliphatic carbocycles. The van der Waals surface area contributed by atoms with E-state index in [0.717, 1.165) is 18.4 Å². The quantitative estimate of drug-likeness (QED) is 0.377. The molecular weight excluding hydrogens is 336 g/mol. The molecule has 28 heavy (non-hydrogen) atoms. The highest BCUT2D eigenvalue weighted by molar-refractivity contribution is 5.54. The third-order valence-electron chi connectivity index (χ3n) is 6.31. The van der Waals surface area contributed by atoms with Gasteiger partial charge in [0.05, 0.1) is 0 Å². The summed E-state index contributed by atoms with van der Waals surface area (Å²) in [6.07, 6.45) is 29.4. The van der Waals surface area contributed by atoms with Crippen molar-refractivity contribution in [3.8, 4) is 0 Å². The van der Waals surface area contributed by atoms with Crippen LogP contribution in [0.15, 0.2) is 95.7 Å². The molecule has 0 amide bonds. The summed E-state index contributed by atoms with van der Waals surface area (Å²) in [5.41, 5.74) is 6.89. The van der Waals surface area contributed by atoms with E-state index in [1.807, 2.05) is 6.08 Å². The molecule has 0 spiro atoms. The highest BCUT2D eigenvalue weighted by Gasteiger charge is 2.27. The molecule has 148 valence electrons. The maximum atomic E-state index is 4.38. The predicted molar refractivity (Wildman–Crippen MR) is 124 cm³/mol. The van der Waals surface area contributed by atoms with Gasteiger partial charge in [-0.1, -0.05) is 100 Å². The Morgan fingerprint density at radius 1 is 1.04 bits per heavy atom. The van der Waals surface area contributed by atoms with E-state index in [2.05, 4.69) is 75.6 Å². The van der Waals surface area contributed by atoms with Crippen LogP contribution in [0, 0.1) is 17.8 Å². The van der Waals surface area contributed by atoms with Crippen LogP contribution in [0.5, 0.6) is 0 Å². The lowest BCUT2D eigenvalue weighted by atomic mass is 9.72. The van der Waals surface area contributed by atoms with Crippen molar-refractivity contribution in [2.75, 3.05) is 0 Å². The van der Waals surface area contributed by atoms with Crippen LogP contribution < -0.4 is 0 Å². The van der Waals surface area contributed by atoms with E-state index in [1.165, 1.54) is 54.4 Å². The molecule has 0 heterocycles. The molecule has 0 heteroatoms. The van der Waals surface area contributed by atoms with Crippen molar-refractivity contribution < 1.29 is 0 Å². The van der Waals surface area contributed by atoms with Gasteiger partial charge >= 0.3 is 0 Å². The molecule has 3 atom stereocenters. The molecule has 3 rings (SSSR count). The van der Waals surface area contributed by atoms with Crippen LogP contribution in [0.4, 0.5) is 0 Å². The first-order chi connectivity index (χ1) is 13.7. The van der Waals surface area contributed by atoms with Crippen LogP contribution in [0.1, 0.15) is 58.8 Å². The zero-order valence-electron chi connectivity index (χ0n) is 17.8. The van der Waals surface area contributed by atoms with E-state index in [4.69, 9.17) is 0 Å². The van der Waals surface area contributed by atoms with Crippen LogP contribution in [0.3, 0.4) is 0 Å². The second-order valence-electron chi connectivity index (χ2n) is 8.37. The Bertz CT molecular complexity index is 775. The molecule has 0 bridgehead atoms. The molecule has 3 unspecified atom stereocenters. The van der Waals surface area contributed by atoms with Gasteiger partial charge in [-0.3, -0.25) is 0 Å². The topological polar surface area (TPSA) is 0 Å².